The Labute approximate surface area is 167 Å². The average Bonchev–Trinajstić information content (AvgIpc) is 2.70. The van der Waals surface area contributed by atoms with E-state index in [4.69, 9.17) is 9.47 Å². The molecule has 0 aliphatic carbocycles. The van der Waals surface area contributed by atoms with E-state index in [1.807, 2.05) is 12.1 Å². The summed E-state index contributed by atoms with van der Waals surface area (Å²) in [6, 6.07) is 6.87. The lowest BCUT2D eigenvalue weighted by atomic mass is 10.0. The van der Waals surface area contributed by atoms with E-state index in [9.17, 15) is 9.59 Å². The van der Waals surface area contributed by atoms with E-state index < -0.39 is 12.1 Å². The van der Waals surface area contributed by atoms with Gasteiger partial charge in [0.1, 0.15) is 6.61 Å². The van der Waals surface area contributed by atoms with Gasteiger partial charge in [0.15, 0.2) is 0 Å². The first-order chi connectivity index (χ1) is 13.5. The summed E-state index contributed by atoms with van der Waals surface area (Å²) >= 11 is 0. The summed E-state index contributed by atoms with van der Waals surface area (Å²) in [5.41, 5.74) is 1.37. The molecule has 1 aromatic rings. The topological polar surface area (TPSA) is 80.3 Å². The van der Waals surface area contributed by atoms with E-state index in [0.29, 0.717) is 18.4 Å². The Bertz CT molecular complexity index is 569. The molecule has 0 amide bonds. The molecule has 0 saturated carbocycles. The van der Waals surface area contributed by atoms with Crippen molar-refractivity contribution in [1.82, 2.24) is 0 Å². The molecule has 0 spiro atoms. The smallest absolute Gasteiger partial charge is 0.430 e. The van der Waals surface area contributed by atoms with Crippen LogP contribution in [-0.4, -0.2) is 31.9 Å². The van der Waals surface area contributed by atoms with Crippen LogP contribution in [0.5, 0.6) is 0 Å². The van der Waals surface area contributed by atoms with Gasteiger partial charge >= 0.3 is 12.1 Å². The molecule has 0 bridgehead atoms. The van der Waals surface area contributed by atoms with Gasteiger partial charge in [-0.3, -0.25) is 4.89 Å². The van der Waals surface area contributed by atoms with Crippen molar-refractivity contribution >= 4 is 12.1 Å². The van der Waals surface area contributed by atoms with E-state index >= 15 is 0 Å². The van der Waals surface area contributed by atoms with Gasteiger partial charge in [0.05, 0.1) is 17.2 Å². The Balaban J connectivity index is 2.13. The third-order valence-corrected chi connectivity index (χ3v) is 4.37. The van der Waals surface area contributed by atoms with E-state index in [1.165, 1.54) is 12.8 Å². The Morgan fingerprint density at radius 1 is 1.00 bits per heavy atom. The second-order valence-electron chi connectivity index (χ2n) is 6.89. The predicted molar refractivity (Wildman–Crippen MR) is 104 cm³/mol. The summed E-state index contributed by atoms with van der Waals surface area (Å²) in [5, 5.41) is 4.18. The minimum Gasteiger partial charge on any atom is -0.430 e. The Hall–Kier alpha value is -2.12. The average molecular weight is 396 g/mol. The first kappa shape index (κ1) is 23.9. The Kier molecular flexibility index (Phi) is 11.9. The van der Waals surface area contributed by atoms with Crippen LogP contribution in [0.25, 0.3) is 0 Å². The third kappa shape index (κ3) is 9.71. The predicted octanol–water partition coefficient (Wildman–Crippen LogP) is 5.20. The standard InChI is InChI=1S/C21H32O7/c1-5-7-8-17(6-2)15-24-13-14-25-21(23)27-28-26-20(22)19-11-9-18(10-12-19)16(3)4/h9-12,16-17H,5-8,13-15H2,1-4H3. The fraction of sp³-hybridized carbons (Fsp3) is 0.619. The van der Waals surface area contributed by atoms with E-state index in [1.54, 1.807) is 12.1 Å². The van der Waals surface area contributed by atoms with Crippen molar-refractivity contribution in [1.29, 1.82) is 0 Å². The number of rotatable bonds is 13. The molecule has 0 aliphatic heterocycles. The first-order valence-electron chi connectivity index (χ1n) is 9.87. The summed E-state index contributed by atoms with van der Waals surface area (Å²) in [6.07, 6.45) is 3.43. The molecule has 28 heavy (non-hydrogen) atoms. The fourth-order valence-electron chi connectivity index (χ4n) is 2.48. The number of unbranched alkanes of at least 4 members (excludes halogenated alkanes) is 1. The van der Waals surface area contributed by atoms with E-state index in [2.05, 4.69) is 42.5 Å². The third-order valence-electron chi connectivity index (χ3n) is 4.37. The molecule has 7 heteroatoms. The number of benzene rings is 1. The van der Waals surface area contributed by atoms with Gasteiger partial charge in [-0.2, -0.15) is 0 Å². The summed E-state index contributed by atoms with van der Waals surface area (Å²) in [5.74, 6) is 0.0981. The van der Waals surface area contributed by atoms with Gasteiger partial charge in [0, 0.05) is 6.61 Å². The maximum atomic E-state index is 11.8. The molecule has 0 fully saturated rings. The zero-order chi connectivity index (χ0) is 20.8. The summed E-state index contributed by atoms with van der Waals surface area (Å²) in [6.45, 7) is 9.32. The molecule has 0 aromatic heterocycles. The van der Waals surface area contributed by atoms with Crippen molar-refractivity contribution in [3.8, 4) is 0 Å². The molecule has 1 rings (SSSR count). The van der Waals surface area contributed by atoms with Gasteiger partial charge in [-0.05, 0) is 36.0 Å². The van der Waals surface area contributed by atoms with Crippen molar-refractivity contribution in [2.24, 2.45) is 5.92 Å². The molecule has 0 saturated heterocycles. The minimum absolute atomic E-state index is 0.0248. The summed E-state index contributed by atoms with van der Waals surface area (Å²) in [7, 11) is 0. The fourth-order valence-corrected chi connectivity index (χ4v) is 2.48. The van der Waals surface area contributed by atoms with Crippen molar-refractivity contribution in [2.45, 2.75) is 59.3 Å². The molecule has 1 aromatic carbocycles. The largest absolute Gasteiger partial charge is 0.543 e. The van der Waals surface area contributed by atoms with Crippen LogP contribution < -0.4 is 0 Å². The lowest BCUT2D eigenvalue weighted by Crippen LogP contribution is -2.16. The molecule has 1 unspecified atom stereocenters. The van der Waals surface area contributed by atoms with Gasteiger partial charge < -0.3 is 9.47 Å². The molecule has 0 aliphatic rings. The molecule has 0 N–H and O–H groups in total. The maximum absolute atomic E-state index is 11.8. The quantitative estimate of drug-likeness (QED) is 0.196. The highest BCUT2D eigenvalue weighted by Gasteiger charge is 2.13. The van der Waals surface area contributed by atoms with E-state index in [-0.39, 0.29) is 18.8 Å². The summed E-state index contributed by atoms with van der Waals surface area (Å²) in [4.78, 5) is 31.8. The zero-order valence-corrected chi connectivity index (χ0v) is 17.3. The molecular formula is C21H32O7. The van der Waals surface area contributed by atoms with Crippen LogP contribution in [0.15, 0.2) is 24.3 Å². The number of ether oxygens (including phenoxy) is 2. The molecule has 158 valence electrons. The number of carbonyl (C=O) groups is 2. The van der Waals surface area contributed by atoms with Gasteiger partial charge in [-0.1, -0.05) is 59.1 Å². The highest BCUT2D eigenvalue weighted by molar-refractivity contribution is 5.88. The van der Waals surface area contributed by atoms with Gasteiger partial charge in [0.2, 0.25) is 0 Å². The van der Waals surface area contributed by atoms with Gasteiger partial charge in [0.25, 0.3) is 0 Å². The van der Waals surface area contributed by atoms with Crippen molar-refractivity contribution in [3.63, 3.8) is 0 Å². The van der Waals surface area contributed by atoms with Crippen molar-refractivity contribution < 1.29 is 33.9 Å². The van der Waals surface area contributed by atoms with E-state index in [0.717, 1.165) is 18.4 Å². The normalized spacial score (nSPS) is 11.9. The highest BCUT2D eigenvalue weighted by atomic mass is 17.5. The molecular weight excluding hydrogens is 364 g/mol. The lowest BCUT2D eigenvalue weighted by molar-refractivity contribution is -0.452. The van der Waals surface area contributed by atoms with Crippen LogP contribution in [0, 0.1) is 5.92 Å². The zero-order valence-electron chi connectivity index (χ0n) is 17.3. The second kappa shape index (κ2) is 14.0. The lowest BCUT2D eigenvalue weighted by Gasteiger charge is -2.14. The second-order valence-corrected chi connectivity index (χ2v) is 6.89. The number of hydrogen-bond acceptors (Lipinski definition) is 7. The SMILES string of the molecule is CCCCC(CC)COCCOC(=O)OOOC(=O)c1ccc(C(C)C)cc1. The van der Waals surface area contributed by atoms with Gasteiger partial charge in [-0.15, -0.1) is 0 Å². The van der Waals surface area contributed by atoms with Crippen molar-refractivity contribution in [3.05, 3.63) is 35.4 Å². The number of carbonyl (C=O) groups excluding carboxylic acids is 2. The van der Waals surface area contributed by atoms with Crippen LogP contribution in [0.1, 0.15) is 75.2 Å². The van der Waals surface area contributed by atoms with Crippen molar-refractivity contribution in [2.75, 3.05) is 19.8 Å². The van der Waals surface area contributed by atoms with Crippen LogP contribution in [0.4, 0.5) is 4.79 Å². The molecule has 0 heterocycles. The number of hydrogen-bond donors (Lipinski definition) is 0. The molecule has 7 nitrogen and oxygen atoms in total. The summed E-state index contributed by atoms with van der Waals surface area (Å²) < 4.78 is 10.3. The van der Waals surface area contributed by atoms with Crippen LogP contribution in [0.2, 0.25) is 0 Å². The first-order valence-corrected chi connectivity index (χ1v) is 9.87. The van der Waals surface area contributed by atoms with Crippen LogP contribution >= 0.6 is 0 Å². The van der Waals surface area contributed by atoms with Crippen LogP contribution in [0.3, 0.4) is 0 Å². The minimum atomic E-state index is -1.11. The van der Waals surface area contributed by atoms with Crippen LogP contribution in [-0.2, 0) is 24.3 Å². The van der Waals surface area contributed by atoms with Gasteiger partial charge in [-0.25, -0.2) is 14.5 Å². The monoisotopic (exact) mass is 396 g/mol. The molecule has 1 atom stereocenters. The highest BCUT2D eigenvalue weighted by Crippen LogP contribution is 2.15. The molecule has 0 radical (unpaired) electrons. The Morgan fingerprint density at radius 3 is 2.32 bits per heavy atom. The Morgan fingerprint density at radius 2 is 1.71 bits per heavy atom. The maximum Gasteiger partial charge on any atom is 0.543 e.